The lowest BCUT2D eigenvalue weighted by Gasteiger charge is -2.02. The Morgan fingerprint density at radius 1 is 1.82 bits per heavy atom. The summed E-state index contributed by atoms with van der Waals surface area (Å²) in [6.07, 6.45) is 7.79. The summed E-state index contributed by atoms with van der Waals surface area (Å²) < 4.78 is 5.17. The number of rotatable bonds is 4. The van der Waals surface area contributed by atoms with Crippen molar-refractivity contribution in [3.05, 3.63) is 0 Å². The number of epoxide rings is 1. The lowest BCUT2D eigenvalue weighted by Crippen LogP contribution is -2.05. The van der Waals surface area contributed by atoms with Crippen LogP contribution >= 0.6 is 0 Å². The van der Waals surface area contributed by atoms with Gasteiger partial charge < -0.3 is 9.53 Å². The zero-order valence-electron chi connectivity index (χ0n) is 6.62. The van der Waals surface area contributed by atoms with Gasteiger partial charge in [-0.15, -0.1) is 6.42 Å². The van der Waals surface area contributed by atoms with Crippen molar-refractivity contribution < 1.29 is 9.53 Å². The lowest BCUT2D eigenvalue weighted by atomic mass is 10.0. The molecule has 0 bridgehead atoms. The smallest absolute Gasteiger partial charge is 0.144 e. The van der Waals surface area contributed by atoms with Crippen molar-refractivity contribution in [2.75, 3.05) is 0 Å². The van der Waals surface area contributed by atoms with Crippen molar-refractivity contribution in [3.8, 4) is 12.3 Å². The van der Waals surface area contributed by atoms with E-state index < -0.39 is 0 Å². The molecule has 11 heavy (non-hydrogen) atoms. The fourth-order valence-electron chi connectivity index (χ4n) is 1.19. The highest BCUT2D eigenvalue weighted by Crippen LogP contribution is 2.30. The topological polar surface area (TPSA) is 29.6 Å². The van der Waals surface area contributed by atoms with Gasteiger partial charge >= 0.3 is 0 Å². The Morgan fingerprint density at radius 3 is 3.00 bits per heavy atom. The monoisotopic (exact) mass is 152 g/mol. The van der Waals surface area contributed by atoms with Crippen molar-refractivity contribution in [1.29, 1.82) is 0 Å². The number of terminal acetylenes is 1. The van der Waals surface area contributed by atoms with Crippen molar-refractivity contribution in [2.45, 2.75) is 32.0 Å². The molecule has 0 aliphatic carbocycles. The van der Waals surface area contributed by atoms with E-state index in [-0.39, 0.29) is 12.2 Å². The number of carbonyl (C=O) groups excluding carboxylic acids is 1. The van der Waals surface area contributed by atoms with Gasteiger partial charge in [0, 0.05) is 6.42 Å². The Bertz CT molecular complexity index is 180. The summed E-state index contributed by atoms with van der Waals surface area (Å²) in [6.45, 7) is 2.06. The van der Waals surface area contributed by atoms with Crippen LogP contribution in [0.3, 0.4) is 0 Å². The van der Waals surface area contributed by atoms with E-state index >= 15 is 0 Å². The summed E-state index contributed by atoms with van der Waals surface area (Å²) in [7, 11) is 0. The highest BCUT2D eigenvalue weighted by atomic mass is 16.6. The van der Waals surface area contributed by atoms with Crippen LogP contribution in [0, 0.1) is 18.3 Å². The van der Waals surface area contributed by atoms with Crippen LogP contribution in [0.2, 0.25) is 0 Å². The molecule has 3 atom stereocenters. The number of hydrogen-bond acceptors (Lipinski definition) is 2. The highest BCUT2D eigenvalue weighted by Gasteiger charge is 2.40. The molecule has 0 unspecified atom stereocenters. The van der Waals surface area contributed by atoms with Gasteiger partial charge in [0.25, 0.3) is 0 Å². The summed E-state index contributed by atoms with van der Waals surface area (Å²) in [5, 5.41) is 0. The van der Waals surface area contributed by atoms with Crippen LogP contribution in [0.25, 0.3) is 0 Å². The molecule has 1 aliphatic rings. The average Bonchev–Trinajstić information content (AvgIpc) is 2.78. The Labute approximate surface area is 66.9 Å². The molecule has 0 N–H and O–H groups in total. The molecule has 2 heteroatoms. The zero-order chi connectivity index (χ0) is 8.27. The van der Waals surface area contributed by atoms with Crippen LogP contribution in [0.4, 0.5) is 0 Å². The number of aldehydes is 1. The maximum absolute atomic E-state index is 10.0. The van der Waals surface area contributed by atoms with Crippen molar-refractivity contribution >= 4 is 6.29 Å². The Kier molecular flexibility index (Phi) is 2.67. The molecule has 0 spiro atoms. The summed E-state index contributed by atoms with van der Waals surface area (Å²) in [5.41, 5.74) is 0. The minimum atomic E-state index is 0.0108. The fraction of sp³-hybridized carbons (Fsp3) is 0.667. The predicted molar refractivity (Wildman–Crippen MR) is 42.0 cm³/mol. The maximum atomic E-state index is 10.0. The minimum absolute atomic E-state index is 0.0108. The van der Waals surface area contributed by atoms with E-state index in [0.717, 1.165) is 12.7 Å². The first-order valence-electron chi connectivity index (χ1n) is 3.84. The first-order valence-corrected chi connectivity index (χ1v) is 3.84. The normalized spacial score (nSPS) is 30.5. The molecule has 0 aromatic carbocycles. The quantitative estimate of drug-likeness (QED) is 0.342. The predicted octanol–water partition coefficient (Wildman–Crippen LogP) is 1.00. The van der Waals surface area contributed by atoms with Gasteiger partial charge in [-0.1, -0.05) is 12.8 Å². The summed E-state index contributed by atoms with van der Waals surface area (Å²) >= 11 is 0. The summed E-state index contributed by atoms with van der Waals surface area (Å²) in [6, 6.07) is 0. The van der Waals surface area contributed by atoms with Gasteiger partial charge in [0.1, 0.15) is 12.4 Å². The first kappa shape index (κ1) is 8.29. The molecular formula is C9H12O2. The highest BCUT2D eigenvalue weighted by molar-refractivity contribution is 5.49. The fourth-order valence-corrected chi connectivity index (χ4v) is 1.19. The SMILES string of the molecule is C#C[C@@H]1O[C@H]1[C@H](C)CCC=O. The molecule has 60 valence electrons. The van der Waals surface area contributed by atoms with Crippen LogP contribution in [0.1, 0.15) is 19.8 Å². The molecular weight excluding hydrogens is 140 g/mol. The molecule has 1 aliphatic heterocycles. The second-order valence-corrected chi connectivity index (χ2v) is 2.91. The number of hydrogen-bond donors (Lipinski definition) is 0. The molecule has 1 heterocycles. The van der Waals surface area contributed by atoms with Gasteiger partial charge in [-0.25, -0.2) is 0 Å². The van der Waals surface area contributed by atoms with Crippen LogP contribution < -0.4 is 0 Å². The third kappa shape index (κ3) is 2.06. The molecule has 0 amide bonds. The van der Waals surface area contributed by atoms with E-state index in [9.17, 15) is 4.79 Å². The van der Waals surface area contributed by atoms with Gasteiger partial charge in [-0.05, 0) is 12.3 Å². The lowest BCUT2D eigenvalue weighted by molar-refractivity contribution is -0.108. The molecule has 1 fully saturated rings. The summed E-state index contributed by atoms with van der Waals surface area (Å²) in [4.78, 5) is 10.0. The molecule has 1 saturated heterocycles. The van der Waals surface area contributed by atoms with Crippen LogP contribution in [0.15, 0.2) is 0 Å². The maximum Gasteiger partial charge on any atom is 0.144 e. The van der Waals surface area contributed by atoms with Gasteiger partial charge in [-0.2, -0.15) is 0 Å². The second kappa shape index (κ2) is 3.54. The standard InChI is InChI=1S/C9H12O2/c1-3-8-9(11-8)7(2)5-4-6-10/h1,6-9H,4-5H2,2H3/t7-,8+,9+/m1/s1. The Balaban J connectivity index is 2.18. The van der Waals surface area contributed by atoms with Crippen molar-refractivity contribution in [1.82, 2.24) is 0 Å². The largest absolute Gasteiger partial charge is 0.356 e. The van der Waals surface area contributed by atoms with Crippen molar-refractivity contribution in [2.24, 2.45) is 5.92 Å². The third-order valence-electron chi connectivity index (χ3n) is 1.99. The molecule has 0 aromatic heterocycles. The van der Waals surface area contributed by atoms with Crippen LogP contribution in [-0.2, 0) is 9.53 Å². The Morgan fingerprint density at radius 2 is 2.55 bits per heavy atom. The van der Waals surface area contributed by atoms with Gasteiger partial charge in [-0.3, -0.25) is 0 Å². The molecule has 0 saturated carbocycles. The van der Waals surface area contributed by atoms with Gasteiger partial charge in [0.15, 0.2) is 0 Å². The van der Waals surface area contributed by atoms with E-state index in [1.165, 1.54) is 0 Å². The van der Waals surface area contributed by atoms with Gasteiger partial charge in [0.2, 0.25) is 0 Å². The van der Waals surface area contributed by atoms with E-state index in [1.54, 1.807) is 0 Å². The summed E-state index contributed by atoms with van der Waals surface area (Å²) in [5.74, 6) is 2.95. The van der Waals surface area contributed by atoms with Crippen LogP contribution in [0.5, 0.6) is 0 Å². The van der Waals surface area contributed by atoms with E-state index in [1.807, 2.05) is 0 Å². The van der Waals surface area contributed by atoms with Gasteiger partial charge in [0.05, 0.1) is 6.10 Å². The molecule has 1 rings (SSSR count). The average molecular weight is 152 g/mol. The number of carbonyl (C=O) groups is 1. The molecule has 0 radical (unpaired) electrons. The van der Waals surface area contributed by atoms with E-state index in [2.05, 4.69) is 12.8 Å². The second-order valence-electron chi connectivity index (χ2n) is 2.91. The molecule has 0 aromatic rings. The Hall–Kier alpha value is -0.810. The van der Waals surface area contributed by atoms with Crippen molar-refractivity contribution in [3.63, 3.8) is 0 Å². The van der Waals surface area contributed by atoms with E-state index in [4.69, 9.17) is 11.2 Å². The first-order chi connectivity index (χ1) is 5.29. The number of ether oxygens (including phenoxy) is 1. The minimum Gasteiger partial charge on any atom is -0.356 e. The van der Waals surface area contributed by atoms with Crippen LogP contribution in [-0.4, -0.2) is 18.5 Å². The molecule has 2 nitrogen and oxygen atoms in total. The zero-order valence-corrected chi connectivity index (χ0v) is 6.62. The third-order valence-corrected chi connectivity index (χ3v) is 1.99. The van der Waals surface area contributed by atoms with E-state index in [0.29, 0.717) is 12.3 Å².